The van der Waals surface area contributed by atoms with Crippen LogP contribution in [-0.4, -0.2) is 26.4 Å². The Hall–Kier alpha value is -2.18. The molecule has 5 rings (SSSR count). The molecule has 1 saturated heterocycles. The number of para-hydroxylation sites is 2. The molecule has 2 aromatic carbocycles. The highest BCUT2D eigenvalue weighted by atomic mass is 79.9. The van der Waals surface area contributed by atoms with Crippen molar-refractivity contribution in [3.05, 3.63) is 46.9 Å². The molecule has 1 aliphatic rings. The highest BCUT2D eigenvalue weighted by molar-refractivity contribution is 9.10. The Morgan fingerprint density at radius 1 is 1.16 bits per heavy atom. The van der Waals surface area contributed by atoms with Crippen LogP contribution in [-0.2, 0) is 4.74 Å². The van der Waals surface area contributed by atoms with Gasteiger partial charge in [0, 0.05) is 16.5 Å². The maximum atomic E-state index is 5.97. The number of aromatic nitrogens is 4. The van der Waals surface area contributed by atoms with Gasteiger partial charge in [-0.25, -0.2) is 9.67 Å². The maximum Gasteiger partial charge on any atom is 0.159 e. The van der Waals surface area contributed by atoms with E-state index in [0.29, 0.717) is 0 Å². The summed E-state index contributed by atoms with van der Waals surface area (Å²) >= 11 is 3.58. The number of H-pyrrole nitrogens is 1. The molecule has 1 N–H and O–H groups in total. The summed E-state index contributed by atoms with van der Waals surface area (Å²) < 4.78 is 9.02. The van der Waals surface area contributed by atoms with E-state index in [1.165, 1.54) is 6.42 Å². The van der Waals surface area contributed by atoms with Gasteiger partial charge in [0.2, 0.25) is 0 Å². The monoisotopic (exact) mass is 396 g/mol. The van der Waals surface area contributed by atoms with Gasteiger partial charge < -0.3 is 9.72 Å². The first kappa shape index (κ1) is 15.1. The summed E-state index contributed by atoms with van der Waals surface area (Å²) in [5.41, 5.74) is 3.90. The molecule has 0 radical (unpaired) electrons. The van der Waals surface area contributed by atoms with E-state index in [-0.39, 0.29) is 6.23 Å². The normalized spacial score (nSPS) is 18.2. The lowest BCUT2D eigenvalue weighted by Gasteiger charge is -2.23. The van der Waals surface area contributed by atoms with Gasteiger partial charge in [-0.05, 0) is 49.6 Å². The number of ether oxygens (including phenoxy) is 1. The van der Waals surface area contributed by atoms with Gasteiger partial charge in [0.05, 0.1) is 16.6 Å². The zero-order chi connectivity index (χ0) is 16.8. The first-order valence-electron chi connectivity index (χ1n) is 8.54. The summed E-state index contributed by atoms with van der Waals surface area (Å²) in [6.07, 6.45) is 3.28. The van der Waals surface area contributed by atoms with E-state index in [4.69, 9.17) is 14.8 Å². The number of aromatic amines is 1. The molecule has 0 saturated carbocycles. The van der Waals surface area contributed by atoms with Crippen LogP contribution in [0, 0.1) is 0 Å². The van der Waals surface area contributed by atoms with Crippen LogP contribution >= 0.6 is 15.9 Å². The van der Waals surface area contributed by atoms with Gasteiger partial charge >= 0.3 is 0 Å². The number of nitrogens with zero attached hydrogens (tertiary/aromatic N) is 3. The number of imidazole rings is 1. The fourth-order valence-electron chi connectivity index (χ4n) is 3.49. The molecule has 25 heavy (non-hydrogen) atoms. The summed E-state index contributed by atoms with van der Waals surface area (Å²) in [5, 5.41) is 5.97. The number of nitrogens with one attached hydrogen (secondary N) is 1. The Morgan fingerprint density at radius 3 is 2.92 bits per heavy atom. The van der Waals surface area contributed by atoms with Crippen molar-refractivity contribution in [1.82, 2.24) is 19.7 Å². The Morgan fingerprint density at radius 2 is 2.08 bits per heavy atom. The van der Waals surface area contributed by atoms with Crippen molar-refractivity contribution in [1.29, 1.82) is 0 Å². The first-order valence-corrected chi connectivity index (χ1v) is 9.33. The Kier molecular flexibility index (Phi) is 3.60. The van der Waals surface area contributed by atoms with Crippen LogP contribution in [0.4, 0.5) is 0 Å². The van der Waals surface area contributed by atoms with Crippen molar-refractivity contribution in [3.63, 3.8) is 0 Å². The number of hydrogen-bond donors (Lipinski definition) is 1. The minimum atomic E-state index is -0.00412. The molecule has 1 unspecified atom stereocenters. The van der Waals surface area contributed by atoms with E-state index in [9.17, 15) is 0 Å². The van der Waals surface area contributed by atoms with E-state index in [1.54, 1.807) is 0 Å². The number of benzene rings is 2. The molecule has 0 spiro atoms. The van der Waals surface area contributed by atoms with Gasteiger partial charge in [0.25, 0.3) is 0 Å². The van der Waals surface area contributed by atoms with Crippen LogP contribution in [0.3, 0.4) is 0 Å². The third-order valence-corrected chi connectivity index (χ3v) is 5.20. The molecule has 0 amide bonds. The third kappa shape index (κ3) is 2.56. The summed E-state index contributed by atoms with van der Waals surface area (Å²) in [6.45, 7) is 0.794. The molecule has 3 heterocycles. The van der Waals surface area contributed by atoms with Gasteiger partial charge in [-0.15, -0.1) is 0 Å². The molecule has 1 atom stereocenters. The zero-order valence-electron chi connectivity index (χ0n) is 13.6. The molecule has 4 aromatic rings. The number of rotatable bonds is 2. The highest BCUT2D eigenvalue weighted by Gasteiger charge is 2.23. The standard InChI is InChI=1S/C19H17BrN4O/c20-12-8-9-16-13(11-12)18(23-24(16)17-7-3-4-10-25-17)19-21-14-5-1-2-6-15(14)22-19/h1-2,5-6,8-9,11,17H,3-4,7,10H2,(H,21,22). The average molecular weight is 397 g/mol. The fourth-order valence-corrected chi connectivity index (χ4v) is 3.85. The van der Waals surface area contributed by atoms with Crippen molar-refractivity contribution < 1.29 is 4.74 Å². The number of hydrogen-bond acceptors (Lipinski definition) is 3. The van der Waals surface area contributed by atoms with Crippen molar-refractivity contribution in [3.8, 4) is 11.5 Å². The molecule has 1 aliphatic heterocycles. The molecular weight excluding hydrogens is 380 g/mol. The Bertz CT molecular complexity index is 1030. The van der Waals surface area contributed by atoms with Gasteiger partial charge in [-0.2, -0.15) is 5.10 Å². The molecule has 6 heteroatoms. The summed E-state index contributed by atoms with van der Waals surface area (Å²) in [7, 11) is 0. The molecule has 126 valence electrons. The Balaban J connectivity index is 1.72. The van der Waals surface area contributed by atoms with E-state index in [2.05, 4.69) is 33.0 Å². The molecule has 5 nitrogen and oxygen atoms in total. The van der Waals surface area contributed by atoms with Crippen LogP contribution in [0.5, 0.6) is 0 Å². The molecule has 0 aliphatic carbocycles. The van der Waals surface area contributed by atoms with Crippen molar-refractivity contribution >= 4 is 37.9 Å². The maximum absolute atomic E-state index is 5.97. The van der Waals surface area contributed by atoms with Gasteiger partial charge in [-0.1, -0.05) is 28.1 Å². The summed E-state index contributed by atoms with van der Waals surface area (Å²) in [5.74, 6) is 0.791. The number of halogens is 1. The second-order valence-corrected chi connectivity index (χ2v) is 7.29. The smallest absolute Gasteiger partial charge is 0.159 e. The minimum Gasteiger partial charge on any atom is -0.356 e. The fraction of sp³-hybridized carbons (Fsp3) is 0.263. The Labute approximate surface area is 153 Å². The second kappa shape index (κ2) is 5.97. The molecular formula is C19H17BrN4O. The van der Waals surface area contributed by atoms with Crippen LogP contribution in [0.2, 0.25) is 0 Å². The largest absolute Gasteiger partial charge is 0.356 e. The van der Waals surface area contributed by atoms with E-state index >= 15 is 0 Å². The van der Waals surface area contributed by atoms with Crippen LogP contribution < -0.4 is 0 Å². The predicted octanol–water partition coefficient (Wildman–Crippen LogP) is 5.04. The predicted molar refractivity (Wildman–Crippen MR) is 101 cm³/mol. The first-order chi connectivity index (χ1) is 12.3. The topological polar surface area (TPSA) is 55.7 Å². The van der Waals surface area contributed by atoms with Crippen molar-refractivity contribution in [2.45, 2.75) is 25.5 Å². The van der Waals surface area contributed by atoms with Crippen LogP contribution in [0.25, 0.3) is 33.5 Å². The highest BCUT2D eigenvalue weighted by Crippen LogP contribution is 2.33. The van der Waals surface area contributed by atoms with Crippen LogP contribution in [0.1, 0.15) is 25.5 Å². The third-order valence-electron chi connectivity index (χ3n) is 4.71. The van der Waals surface area contributed by atoms with E-state index in [0.717, 1.165) is 57.4 Å². The van der Waals surface area contributed by atoms with E-state index in [1.807, 2.05) is 35.0 Å². The lowest BCUT2D eigenvalue weighted by atomic mass is 10.1. The minimum absolute atomic E-state index is 0.00412. The SMILES string of the molecule is Brc1ccc2c(c1)c(-c1nc3ccccc3[nH]1)nn2C1CCCCO1. The lowest BCUT2D eigenvalue weighted by Crippen LogP contribution is -2.19. The van der Waals surface area contributed by atoms with Gasteiger partial charge in [-0.3, -0.25) is 0 Å². The lowest BCUT2D eigenvalue weighted by molar-refractivity contribution is -0.0365. The summed E-state index contributed by atoms with van der Waals surface area (Å²) in [6, 6.07) is 14.3. The van der Waals surface area contributed by atoms with Crippen molar-refractivity contribution in [2.24, 2.45) is 0 Å². The average Bonchev–Trinajstić information content (AvgIpc) is 3.23. The number of fused-ring (bicyclic) bond motifs is 2. The van der Waals surface area contributed by atoms with Gasteiger partial charge in [0.1, 0.15) is 5.69 Å². The molecule has 2 aromatic heterocycles. The van der Waals surface area contributed by atoms with Gasteiger partial charge in [0.15, 0.2) is 12.1 Å². The van der Waals surface area contributed by atoms with Crippen LogP contribution in [0.15, 0.2) is 46.9 Å². The molecule has 0 bridgehead atoms. The zero-order valence-corrected chi connectivity index (χ0v) is 15.2. The van der Waals surface area contributed by atoms with Crippen molar-refractivity contribution in [2.75, 3.05) is 6.61 Å². The summed E-state index contributed by atoms with van der Waals surface area (Å²) in [4.78, 5) is 8.13. The van der Waals surface area contributed by atoms with E-state index < -0.39 is 0 Å². The molecule has 1 fully saturated rings. The second-order valence-electron chi connectivity index (χ2n) is 6.38. The quantitative estimate of drug-likeness (QED) is 0.516.